The number of hydrogen-bond donors (Lipinski definition) is 0. The van der Waals surface area contributed by atoms with Crippen LogP contribution in [0.15, 0.2) is 9.85 Å². The number of anilines is 2. The second-order valence-corrected chi connectivity index (χ2v) is 9.35. The van der Waals surface area contributed by atoms with Gasteiger partial charge in [0.05, 0.1) is 16.3 Å². The highest BCUT2D eigenvalue weighted by Gasteiger charge is 2.56. The average molecular weight is 437 g/mol. The van der Waals surface area contributed by atoms with Crippen molar-refractivity contribution in [1.82, 2.24) is 9.97 Å². The molecule has 3 fully saturated rings. The number of carbonyl (C=O) groups is 1. The van der Waals surface area contributed by atoms with Gasteiger partial charge >= 0.3 is 5.97 Å². The molecule has 4 atom stereocenters. The Bertz CT molecular complexity index is 875. The van der Waals surface area contributed by atoms with Crippen LogP contribution >= 0.6 is 27.3 Å². The van der Waals surface area contributed by atoms with Crippen molar-refractivity contribution in [2.24, 2.45) is 17.8 Å². The first-order valence-corrected chi connectivity index (χ1v) is 10.8. The standard InChI is InChI=1S/C18H21BrN4O2S/c1-9-3-4-23(9)18-20-15-13(19)8-26-16(15)17(21-18)22-6-11-10(12(11)7-22)5-14(24)25-2/h8-12H,3-7H2,1-2H3/t9-,10-,11-,12+/m0/s1. The van der Waals surface area contributed by atoms with Gasteiger partial charge in [-0.3, -0.25) is 4.79 Å². The van der Waals surface area contributed by atoms with Crippen molar-refractivity contribution in [1.29, 1.82) is 0 Å². The predicted molar refractivity (Wildman–Crippen MR) is 106 cm³/mol. The molecule has 2 aliphatic heterocycles. The van der Waals surface area contributed by atoms with Crippen LogP contribution in [0, 0.1) is 17.8 Å². The number of carbonyl (C=O) groups excluding carboxylic acids is 1. The summed E-state index contributed by atoms with van der Waals surface area (Å²) in [5, 5.41) is 2.10. The van der Waals surface area contributed by atoms with Gasteiger partial charge in [0, 0.05) is 37.5 Å². The molecule has 2 aromatic heterocycles. The van der Waals surface area contributed by atoms with Crippen molar-refractivity contribution in [2.45, 2.75) is 25.8 Å². The molecule has 0 amide bonds. The van der Waals surface area contributed by atoms with Crippen molar-refractivity contribution < 1.29 is 9.53 Å². The first kappa shape index (κ1) is 16.7. The Morgan fingerprint density at radius 3 is 2.77 bits per heavy atom. The summed E-state index contributed by atoms with van der Waals surface area (Å²) < 4.78 is 7.02. The Labute approximate surface area is 164 Å². The zero-order valence-electron chi connectivity index (χ0n) is 14.8. The SMILES string of the molecule is COC(=O)C[C@@H]1[C@H]2CN(c3nc(N4CC[C@@H]4C)nc4c(Br)csc34)C[C@@H]12. The number of halogens is 1. The molecule has 3 aliphatic rings. The van der Waals surface area contributed by atoms with Gasteiger partial charge in [0.2, 0.25) is 5.95 Å². The molecule has 1 saturated carbocycles. The lowest BCUT2D eigenvalue weighted by molar-refractivity contribution is -0.141. The summed E-state index contributed by atoms with van der Waals surface area (Å²) in [6.07, 6.45) is 1.75. The zero-order valence-corrected chi connectivity index (χ0v) is 17.2. The van der Waals surface area contributed by atoms with Crippen LogP contribution in [0.5, 0.6) is 0 Å². The van der Waals surface area contributed by atoms with Crippen molar-refractivity contribution in [3.63, 3.8) is 0 Å². The van der Waals surface area contributed by atoms with Crippen LogP contribution in [-0.4, -0.2) is 48.7 Å². The quantitative estimate of drug-likeness (QED) is 0.685. The van der Waals surface area contributed by atoms with E-state index < -0.39 is 0 Å². The Balaban J connectivity index is 1.42. The lowest BCUT2D eigenvalue weighted by atomic mass is 10.1. The number of fused-ring (bicyclic) bond motifs is 2. The molecule has 0 spiro atoms. The van der Waals surface area contributed by atoms with E-state index in [1.165, 1.54) is 13.5 Å². The number of ether oxygens (including phenoxy) is 1. The second-order valence-electron chi connectivity index (χ2n) is 7.62. The Morgan fingerprint density at radius 1 is 1.38 bits per heavy atom. The van der Waals surface area contributed by atoms with Gasteiger partial charge < -0.3 is 14.5 Å². The highest BCUT2D eigenvalue weighted by molar-refractivity contribution is 9.10. The average Bonchev–Trinajstić information content (AvgIpc) is 2.98. The molecule has 0 unspecified atom stereocenters. The molecule has 138 valence electrons. The lowest BCUT2D eigenvalue weighted by Crippen LogP contribution is -2.46. The minimum Gasteiger partial charge on any atom is -0.469 e. The number of aromatic nitrogens is 2. The summed E-state index contributed by atoms with van der Waals surface area (Å²) in [6, 6.07) is 0.508. The molecule has 0 aromatic carbocycles. The molecule has 0 bridgehead atoms. The smallest absolute Gasteiger partial charge is 0.305 e. The highest BCUT2D eigenvalue weighted by atomic mass is 79.9. The Hall–Kier alpha value is -1.41. The predicted octanol–water partition coefficient (Wildman–Crippen LogP) is 3.30. The minimum absolute atomic E-state index is 0.0865. The van der Waals surface area contributed by atoms with Crippen molar-refractivity contribution in [3.8, 4) is 0 Å². The Morgan fingerprint density at radius 2 is 2.15 bits per heavy atom. The van der Waals surface area contributed by atoms with E-state index in [1.54, 1.807) is 11.3 Å². The molecule has 2 saturated heterocycles. The molecule has 6 nitrogen and oxygen atoms in total. The highest BCUT2D eigenvalue weighted by Crippen LogP contribution is 2.55. The van der Waals surface area contributed by atoms with E-state index in [0.717, 1.165) is 46.1 Å². The van der Waals surface area contributed by atoms with Crippen LogP contribution in [0.3, 0.4) is 0 Å². The van der Waals surface area contributed by atoms with E-state index in [1.807, 2.05) is 0 Å². The fraction of sp³-hybridized carbons (Fsp3) is 0.611. The number of piperidine rings is 1. The van der Waals surface area contributed by atoms with Crippen molar-refractivity contribution >= 4 is 55.2 Å². The van der Waals surface area contributed by atoms with Gasteiger partial charge in [0.15, 0.2) is 5.82 Å². The molecule has 2 aromatic rings. The number of methoxy groups -OCH3 is 1. The monoisotopic (exact) mass is 436 g/mol. The van der Waals surface area contributed by atoms with E-state index in [2.05, 4.69) is 38.0 Å². The van der Waals surface area contributed by atoms with Gasteiger partial charge in [0.25, 0.3) is 0 Å². The largest absolute Gasteiger partial charge is 0.469 e. The topological polar surface area (TPSA) is 58.6 Å². The molecule has 5 rings (SSSR count). The normalized spacial score (nSPS) is 29.7. The number of hydrogen-bond acceptors (Lipinski definition) is 7. The number of thiophene rings is 1. The maximum Gasteiger partial charge on any atom is 0.305 e. The number of esters is 1. The van der Waals surface area contributed by atoms with Crippen molar-refractivity contribution in [3.05, 3.63) is 9.85 Å². The van der Waals surface area contributed by atoms with Crippen LogP contribution in [0.1, 0.15) is 19.8 Å². The number of rotatable bonds is 4. The summed E-state index contributed by atoms with van der Waals surface area (Å²) in [7, 11) is 1.47. The Kier molecular flexibility index (Phi) is 3.90. The molecule has 26 heavy (non-hydrogen) atoms. The summed E-state index contributed by atoms with van der Waals surface area (Å²) in [6.45, 7) is 5.20. The third kappa shape index (κ3) is 2.52. The van der Waals surface area contributed by atoms with E-state index >= 15 is 0 Å². The van der Waals surface area contributed by atoms with E-state index in [9.17, 15) is 4.79 Å². The second kappa shape index (κ2) is 6.05. The summed E-state index contributed by atoms with van der Waals surface area (Å²) in [4.78, 5) is 26.0. The fourth-order valence-corrected chi connectivity index (χ4v) is 6.00. The van der Waals surface area contributed by atoms with E-state index in [-0.39, 0.29) is 5.97 Å². The number of nitrogens with zero attached hydrogens (tertiary/aromatic N) is 4. The van der Waals surface area contributed by atoms with Gasteiger partial charge in [-0.05, 0) is 47.0 Å². The maximum atomic E-state index is 11.5. The minimum atomic E-state index is -0.0865. The maximum absolute atomic E-state index is 11.5. The summed E-state index contributed by atoms with van der Waals surface area (Å²) in [5.41, 5.74) is 1.01. The molecule has 8 heteroatoms. The van der Waals surface area contributed by atoms with Gasteiger partial charge in [-0.2, -0.15) is 4.98 Å². The van der Waals surface area contributed by atoms with E-state index in [0.29, 0.717) is 30.2 Å². The molecule has 0 radical (unpaired) electrons. The van der Waals surface area contributed by atoms with Gasteiger partial charge in [-0.1, -0.05) is 0 Å². The third-order valence-corrected chi connectivity index (χ3v) is 8.09. The summed E-state index contributed by atoms with van der Waals surface area (Å²) >= 11 is 5.34. The molecular weight excluding hydrogens is 416 g/mol. The van der Waals surface area contributed by atoms with Crippen LogP contribution < -0.4 is 9.80 Å². The molecule has 0 N–H and O–H groups in total. The van der Waals surface area contributed by atoms with Crippen LogP contribution in [-0.2, 0) is 9.53 Å². The summed E-state index contributed by atoms with van der Waals surface area (Å²) in [5.74, 6) is 3.49. The lowest BCUT2D eigenvalue weighted by Gasteiger charge is -2.39. The third-order valence-electron chi connectivity index (χ3n) is 6.22. The van der Waals surface area contributed by atoms with Crippen molar-refractivity contribution in [2.75, 3.05) is 36.5 Å². The first-order chi connectivity index (χ1) is 12.6. The van der Waals surface area contributed by atoms with E-state index in [4.69, 9.17) is 14.7 Å². The van der Waals surface area contributed by atoms with Gasteiger partial charge in [-0.15, -0.1) is 11.3 Å². The van der Waals surface area contributed by atoms with Gasteiger partial charge in [0.1, 0.15) is 5.52 Å². The fourth-order valence-electron chi connectivity index (χ4n) is 4.42. The molecule has 4 heterocycles. The van der Waals surface area contributed by atoms with Crippen LogP contribution in [0.25, 0.3) is 10.2 Å². The molecule has 1 aliphatic carbocycles. The first-order valence-electron chi connectivity index (χ1n) is 9.10. The van der Waals surface area contributed by atoms with Gasteiger partial charge in [-0.25, -0.2) is 4.98 Å². The zero-order chi connectivity index (χ0) is 18.0. The molecular formula is C18H21BrN4O2S. The van der Waals surface area contributed by atoms with Crippen LogP contribution in [0.2, 0.25) is 0 Å². The van der Waals surface area contributed by atoms with Crippen LogP contribution in [0.4, 0.5) is 11.8 Å².